The van der Waals surface area contributed by atoms with E-state index in [4.69, 9.17) is 4.74 Å². The number of carbonyl (C=O) groups excluding carboxylic acids is 1. The zero-order valence-corrected chi connectivity index (χ0v) is 10.6. The quantitative estimate of drug-likeness (QED) is 0.854. The van der Waals surface area contributed by atoms with Gasteiger partial charge in [-0.25, -0.2) is 0 Å². The van der Waals surface area contributed by atoms with E-state index in [2.05, 4.69) is 10.2 Å². The fourth-order valence-electron chi connectivity index (χ4n) is 1.64. The molecular weight excluding hydrogens is 252 g/mol. The third-order valence-electron chi connectivity index (χ3n) is 2.57. The summed E-state index contributed by atoms with van der Waals surface area (Å²) in [5.74, 6) is -0.304. The van der Waals surface area contributed by atoms with Crippen LogP contribution in [0, 0.1) is 0 Å². The lowest BCUT2D eigenvalue weighted by atomic mass is 9.96. The standard InChI is InChI=1S/C12H12N2O3S/c1-17-11(16)6-10(12-14-13-7-18-12)8-2-4-9(15)5-3-8/h2-5,7,10,15H,6H2,1H3/t10-/m1/s1. The fourth-order valence-corrected chi connectivity index (χ4v) is 2.32. The zero-order chi connectivity index (χ0) is 13.0. The molecule has 0 saturated heterocycles. The van der Waals surface area contributed by atoms with Crippen LogP contribution in [0.5, 0.6) is 5.75 Å². The van der Waals surface area contributed by atoms with Gasteiger partial charge in [0.05, 0.1) is 13.5 Å². The van der Waals surface area contributed by atoms with Gasteiger partial charge in [-0.15, -0.1) is 21.5 Å². The number of benzene rings is 1. The van der Waals surface area contributed by atoms with Gasteiger partial charge in [-0.1, -0.05) is 12.1 Å². The molecule has 1 atom stereocenters. The molecule has 0 amide bonds. The summed E-state index contributed by atoms with van der Waals surface area (Å²) < 4.78 is 4.69. The number of carbonyl (C=O) groups is 1. The van der Waals surface area contributed by atoms with Crippen LogP contribution < -0.4 is 0 Å². The molecule has 2 rings (SSSR count). The number of phenolic OH excluding ortho intramolecular Hbond substituents is 1. The van der Waals surface area contributed by atoms with Gasteiger partial charge in [0, 0.05) is 5.92 Å². The van der Waals surface area contributed by atoms with Crippen molar-refractivity contribution in [3.63, 3.8) is 0 Å². The number of methoxy groups -OCH3 is 1. The second-order valence-corrected chi connectivity index (χ2v) is 4.57. The van der Waals surface area contributed by atoms with E-state index in [0.717, 1.165) is 10.6 Å². The monoisotopic (exact) mass is 264 g/mol. The van der Waals surface area contributed by atoms with Crippen LogP contribution in [0.1, 0.15) is 22.9 Å². The molecule has 6 heteroatoms. The topological polar surface area (TPSA) is 72.3 Å². The highest BCUT2D eigenvalue weighted by Crippen LogP contribution is 2.30. The van der Waals surface area contributed by atoms with Crippen molar-refractivity contribution in [1.29, 1.82) is 0 Å². The average molecular weight is 264 g/mol. The Hall–Kier alpha value is -1.95. The molecule has 0 aliphatic carbocycles. The molecule has 0 bridgehead atoms. The minimum absolute atomic E-state index is 0.188. The van der Waals surface area contributed by atoms with Gasteiger partial charge in [-0.2, -0.15) is 0 Å². The van der Waals surface area contributed by atoms with Crippen molar-refractivity contribution in [1.82, 2.24) is 10.2 Å². The van der Waals surface area contributed by atoms with Crippen LogP contribution in [0.25, 0.3) is 0 Å². The summed E-state index contributed by atoms with van der Waals surface area (Å²) in [7, 11) is 1.36. The van der Waals surface area contributed by atoms with Crippen molar-refractivity contribution >= 4 is 17.3 Å². The van der Waals surface area contributed by atoms with Crippen LogP contribution in [-0.2, 0) is 9.53 Å². The highest BCUT2D eigenvalue weighted by Gasteiger charge is 2.21. The SMILES string of the molecule is COC(=O)C[C@H](c1ccc(O)cc1)c1nncs1. The molecule has 0 spiro atoms. The van der Waals surface area contributed by atoms with Gasteiger partial charge < -0.3 is 9.84 Å². The lowest BCUT2D eigenvalue weighted by molar-refractivity contribution is -0.140. The first kappa shape index (κ1) is 12.5. The van der Waals surface area contributed by atoms with Crippen molar-refractivity contribution in [3.05, 3.63) is 40.3 Å². The minimum Gasteiger partial charge on any atom is -0.508 e. The van der Waals surface area contributed by atoms with E-state index in [-0.39, 0.29) is 24.1 Å². The second kappa shape index (κ2) is 5.59. The number of aromatic nitrogens is 2. The number of hydrogen-bond donors (Lipinski definition) is 1. The summed E-state index contributed by atoms with van der Waals surface area (Å²) in [5, 5.41) is 17.8. The molecule has 1 aromatic heterocycles. The molecule has 18 heavy (non-hydrogen) atoms. The van der Waals surface area contributed by atoms with Crippen molar-refractivity contribution in [2.45, 2.75) is 12.3 Å². The van der Waals surface area contributed by atoms with Crippen LogP contribution in [0.15, 0.2) is 29.8 Å². The normalized spacial score (nSPS) is 12.1. The summed E-state index contributed by atoms with van der Waals surface area (Å²) in [5.41, 5.74) is 2.52. The van der Waals surface area contributed by atoms with E-state index >= 15 is 0 Å². The van der Waals surface area contributed by atoms with Crippen LogP contribution in [0.3, 0.4) is 0 Å². The Kier molecular flexibility index (Phi) is 3.88. The lowest BCUT2D eigenvalue weighted by Gasteiger charge is -2.13. The minimum atomic E-state index is -0.303. The summed E-state index contributed by atoms with van der Waals surface area (Å²) in [4.78, 5) is 11.4. The molecule has 0 saturated carbocycles. The summed E-state index contributed by atoms with van der Waals surface area (Å²) in [6.45, 7) is 0. The number of rotatable bonds is 4. The van der Waals surface area contributed by atoms with E-state index in [1.54, 1.807) is 29.8 Å². The molecule has 0 aliphatic heterocycles. The van der Waals surface area contributed by atoms with Crippen LogP contribution in [0.4, 0.5) is 0 Å². The Bertz CT molecular complexity index is 511. The Balaban J connectivity index is 2.30. The maximum atomic E-state index is 11.4. The summed E-state index contributed by atoms with van der Waals surface area (Å²) in [6.07, 6.45) is 0.205. The van der Waals surface area contributed by atoms with E-state index in [0.29, 0.717) is 0 Å². The molecular formula is C12H12N2O3S. The van der Waals surface area contributed by atoms with E-state index in [1.165, 1.54) is 18.4 Å². The maximum absolute atomic E-state index is 11.4. The fraction of sp³-hybridized carbons (Fsp3) is 0.250. The first-order valence-electron chi connectivity index (χ1n) is 5.32. The number of nitrogens with zero attached hydrogens (tertiary/aromatic N) is 2. The van der Waals surface area contributed by atoms with Gasteiger partial charge in [0.25, 0.3) is 0 Å². The molecule has 0 aliphatic rings. The summed E-state index contributed by atoms with van der Waals surface area (Å²) >= 11 is 1.39. The van der Waals surface area contributed by atoms with Crippen molar-refractivity contribution < 1.29 is 14.6 Å². The third kappa shape index (κ3) is 2.84. The largest absolute Gasteiger partial charge is 0.508 e. The highest BCUT2D eigenvalue weighted by molar-refractivity contribution is 7.09. The number of hydrogen-bond acceptors (Lipinski definition) is 6. The number of phenols is 1. The predicted molar refractivity (Wildman–Crippen MR) is 66.5 cm³/mol. The third-order valence-corrected chi connectivity index (χ3v) is 3.38. The molecule has 0 unspecified atom stereocenters. The first-order valence-corrected chi connectivity index (χ1v) is 6.20. The van der Waals surface area contributed by atoms with Gasteiger partial charge in [0.2, 0.25) is 0 Å². The first-order chi connectivity index (χ1) is 8.70. The Morgan fingerprint density at radius 1 is 1.44 bits per heavy atom. The predicted octanol–water partition coefficient (Wildman–Crippen LogP) is 1.94. The van der Waals surface area contributed by atoms with Gasteiger partial charge in [0.15, 0.2) is 0 Å². The van der Waals surface area contributed by atoms with Gasteiger partial charge in [-0.3, -0.25) is 4.79 Å². The lowest BCUT2D eigenvalue weighted by Crippen LogP contribution is -2.10. The van der Waals surface area contributed by atoms with Crippen LogP contribution in [-0.4, -0.2) is 28.4 Å². The van der Waals surface area contributed by atoms with Crippen molar-refractivity contribution in [2.75, 3.05) is 7.11 Å². The van der Waals surface area contributed by atoms with Crippen LogP contribution >= 0.6 is 11.3 Å². The second-order valence-electron chi connectivity index (χ2n) is 3.70. The molecule has 94 valence electrons. The van der Waals surface area contributed by atoms with E-state index in [1.807, 2.05) is 0 Å². The Morgan fingerprint density at radius 3 is 2.72 bits per heavy atom. The van der Waals surface area contributed by atoms with Crippen molar-refractivity contribution in [3.8, 4) is 5.75 Å². The molecule has 5 nitrogen and oxygen atoms in total. The van der Waals surface area contributed by atoms with Crippen LogP contribution in [0.2, 0.25) is 0 Å². The average Bonchev–Trinajstić information content (AvgIpc) is 2.90. The van der Waals surface area contributed by atoms with Gasteiger partial charge >= 0.3 is 5.97 Å². The highest BCUT2D eigenvalue weighted by atomic mass is 32.1. The van der Waals surface area contributed by atoms with Gasteiger partial charge in [0.1, 0.15) is 16.3 Å². The number of aromatic hydroxyl groups is 1. The summed E-state index contributed by atoms with van der Waals surface area (Å²) in [6, 6.07) is 6.70. The smallest absolute Gasteiger partial charge is 0.306 e. The van der Waals surface area contributed by atoms with Gasteiger partial charge in [-0.05, 0) is 17.7 Å². The van der Waals surface area contributed by atoms with E-state index < -0.39 is 0 Å². The molecule has 1 aromatic carbocycles. The molecule has 0 radical (unpaired) electrons. The Labute approximate surface area is 108 Å². The number of esters is 1. The molecule has 0 fully saturated rings. The molecule has 2 aromatic rings. The molecule has 1 N–H and O–H groups in total. The number of ether oxygens (including phenoxy) is 1. The maximum Gasteiger partial charge on any atom is 0.306 e. The van der Waals surface area contributed by atoms with E-state index in [9.17, 15) is 9.90 Å². The Morgan fingerprint density at radius 2 is 2.17 bits per heavy atom. The molecule has 1 heterocycles. The zero-order valence-electron chi connectivity index (χ0n) is 9.74. The van der Waals surface area contributed by atoms with Crippen molar-refractivity contribution in [2.24, 2.45) is 0 Å².